The molecule has 0 spiro atoms. The van der Waals surface area contributed by atoms with E-state index in [0.717, 1.165) is 4.88 Å². The third-order valence-corrected chi connectivity index (χ3v) is 4.42. The highest BCUT2D eigenvalue weighted by molar-refractivity contribution is 7.15. The first-order valence-electron chi connectivity index (χ1n) is 6.28. The van der Waals surface area contributed by atoms with Gasteiger partial charge in [0.1, 0.15) is 5.10 Å². The fourth-order valence-corrected chi connectivity index (χ4v) is 3.30. The monoisotopic (exact) mass is 349 g/mol. The van der Waals surface area contributed by atoms with Crippen LogP contribution in [0, 0.1) is 10.1 Å². The van der Waals surface area contributed by atoms with Gasteiger partial charge in [0.2, 0.25) is 5.79 Å². The summed E-state index contributed by atoms with van der Waals surface area (Å²) < 4.78 is 11.3. The van der Waals surface area contributed by atoms with Crippen molar-refractivity contribution in [2.24, 2.45) is 5.10 Å². The first-order chi connectivity index (χ1) is 10.4. The normalized spacial score (nSPS) is 19.7. The Morgan fingerprint density at radius 3 is 2.73 bits per heavy atom. The van der Waals surface area contributed by atoms with Gasteiger partial charge >= 0.3 is 0 Å². The van der Waals surface area contributed by atoms with Crippen molar-refractivity contribution in [2.75, 3.05) is 34.4 Å². The molecule has 0 aromatic carbocycles. The summed E-state index contributed by atoms with van der Waals surface area (Å²) in [7, 11) is 4.77. The maximum Gasteiger partial charge on any atom is 0.274 e. The molecule has 1 saturated heterocycles. The fraction of sp³-hybridized carbons (Fsp3) is 0.636. The molecule has 2 heterocycles. The van der Waals surface area contributed by atoms with E-state index >= 15 is 0 Å². The second kappa shape index (κ2) is 6.73. The van der Waals surface area contributed by atoms with E-state index < -0.39 is 10.8 Å². The molecule has 0 radical (unpaired) electrons. The molecule has 2 rings (SSSR count). The van der Waals surface area contributed by atoms with Crippen molar-refractivity contribution >= 4 is 28.9 Å². The van der Waals surface area contributed by atoms with E-state index in [0.29, 0.717) is 24.1 Å². The predicted molar refractivity (Wildman–Crippen MR) is 81.3 cm³/mol. The zero-order valence-electron chi connectivity index (χ0n) is 12.4. The minimum atomic E-state index is -0.890. The Bertz CT molecular complexity index is 577. The van der Waals surface area contributed by atoms with Gasteiger partial charge < -0.3 is 19.3 Å². The summed E-state index contributed by atoms with van der Waals surface area (Å²) in [5, 5.41) is 13.5. The molecule has 11 heteroatoms. The molecular formula is C11H16ClN5O4S. The Morgan fingerprint density at radius 1 is 1.55 bits per heavy atom. The molecule has 0 unspecified atom stereocenters. The quantitative estimate of drug-likeness (QED) is 0.446. The lowest BCUT2D eigenvalue weighted by molar-refractivity contribution is -0.486. The van der Waals surface area contributed by atoms with Crippen LogP contribution in [0.5, 0.6) is 0 Å². The minimum Gasteiger partial charge on any atom is -0.350 e. The Balaban J connectivity index is 2.30. The number of hydrazone groups is 1. The van der Waals surface area contributed by atoms with Gasteiger partial charge in [-0.3, -0.25) is 0 Å². The van der Waals surface area contributed by atoms with Crippen LogP contribution in [0.3, 0.4) is 0 Å². The van der Waals surface area contributed by atoms with Crippen LogP contribution in [-0.4, -0.2) is 65.9 Å². The Hall–Kier alpha value is -1.49. The number of thiazole rings is 1. The largest absolute Gasteiger partial charge is 0.350 e. The van der Waals surface area contributed by atoms with Gasteiger partial charge in [0.05, 0.1) is 19.6 Å². The number of rotatable bonds is 5. The molecule has 0 atom stereocenters. The van der Waals surface area contributed by atoms with Gasteiger partial charge in [-0.1, -0.05) is 11.6 Å². The molecule has 1 fully saturated rings. The van der Waals surface area contributed by atoms with Gasteiger partial charge in [0.15, 0.2) is 9.50 Å². The third-order valence-electron chi connectivity index (χ3n) is 3.32. The Morgan fingerprint density at radius 2 is 2.23 bits per heavy atom. The van der Waals surface area contributed by atoms with E-state index in [-0.39, 0.29) is 5.96 Å². The molecule has 122 valence electrons. The van der Waals surface area contributed by atoms with E-state index in [2.05, 4.69) is 10.1 Å². The van der Waals surface area contributed by atoms with Crippen LogP contribution in [0.25, 0.3) is 0 Å². The summed E-state index contributed by atoms with van der Waals surface area (Å²) in [6, 6.07) is 0. The van der Waals surface area contributed by atoms with Gasteiger partial charge in [-0.25, -0.2) is 15.1 Å². The zero-order chi connectivity index (χ0) is 16.3. The topological polar surface area (TPSA) is 93.3 Å². The van der Waals surface area contributed by atoms with Crippen LogP contribution in [0.1, 0.15) is 4.88 Å². The predicted octanol–water partition coefficient (Wildman–Crippen LogP) is 1.08. The van der Waals surface area contributed by atoms with Gasteiger partial charge in [0, 0.05) is 32.3 Å². The first-order valence-corrected chi connectivity index (χ1v) is 7.48. The summed E-state index contributed by atoms with van der Waals surface area (Å²) in [5.41, 5.74) is 0. The Kier molecular flexibility index (Phi) is 5.16. The molecule has 0 saturated carbocycles. The lowest BCUT2D eigenvalue weighted by Gasteiger charge is -2.45. The van der Waals surface area contributed by atoms with Crippen molar-refractivity contribution in [3.8, 4) is 0 Å². The average Bonchev–Trinajstić information content (AvgIpc) is 2.87. The minimum absolute atomic E-state index is 0.235. The molecule has 22 heavy (non-hydrogen) atoms. The molecule has 9 nitrogen and oxygen atoms in total. The molecule has 0 aliphatic carbocycles. The molecule has 0 bridgehead atoms. The van der Waals surface area contributed by atoms with Crippen molar-refractivity contribution in [1.82, 2.24) is 14.8 Å². The van der Waals surface area contributed by atoms with E-state index in [1.165, 1.54) is 25.6 Å². The van der Waals surface area contributed by atoms with Crippen molar-refractivity contribution < 1.29 is 14.5 Å². The summed E-state index contributed by atoms with van der Waals surface area (Å²) >= 11 is 7.14. The number of ether oxygens (including phenoxy) is 2. The maximum atomic E-state index is 10.8. The summed E-state index contributed by atoms with van der Waals surface area (Å²) in [4.78, 5) is 19.0. The second-order valence-electron chi connectivity index (χ2n) is 4.75. The molecule has 1 aliphatic rings. The summed E-state index contributed by atoms with van der Waals surface area (Å²) in [6.45, 7) is 0.995. The number of aromatic nitrogens is 1. The standard InChI is InChI=1S/C11H16ClN5O4S/c1-15-6-11(20-2,21-3)7-16(10(15)14-17(18)19)5-8-4-13-9(12)22-8/h4H,5-7H2,1-3H3/b14-10+. The number of methoxy groups -OCH3 is 2. The first kappa shape index (κ1) is 16.9. The van der Waals surface area contributed by atoms with Crippen LogP contribution >= 0.6 is 22.9 Å². The van der Waals surface area contributed by atoms with Crippen LogP contribution in [0.2, 0.25) is 4.47 Å². The summed E-state index contributed by atoms with van der Waals surface area (Å²) in [5.74, 6) is -0.655. The van der Waals surface area contributed by atoms with Crippen molar-refractivity contribution in [2.45, 2.75) is 12.3 Å². The van der Waals surface area contributed by atoms with Gasteiger partial charge in [0.25, 0.3) is 5.96 Å². The molecule has 1 aromatic rings. The van der Waals surface area contributed by atoms with E-state index in [1.807, 2.05) is 0 Å². The van der Waals surface area contributed by atoms with E-state index in [4.69, 9.17) is 21.1 Å². The van der Waals surface area contributed by atoms with Crippen LogP contribution in [0.4, 0.5) is 0 Å². The number of hydrogen-bond acceptors (Lipinski definition) is 6. The molecule has 1 aliphatic heterocycles. The number of hydrogen-bond donors (Lipinski definition) is 0. The van der Waals surface area contributed by atoms with E-state index in [1.54, 1.807) is 23.0 Å². The summed E-state index contributed by atoms with van der Waals surface area (Å²) in [6.07, 6.45) is 1.63. The lowest BCUT2D eigenvalue weighted by Crippen LogP contribution is -2.63. The average molecular weight is 350 g/mol. The SMILES string of the molecule is COC1(OC)CN(C)/C(=N\[N+](=O)[O-])N(Cc2cnc(Cl)s2)C1. The number of likely N-dealkylation sites (N-methyl/N-ethyl adjacent to an activating group) is 1. The molecular weight excluding hydrogens is 334 g/mol. The second-order valence-corrected chi connectivity index (χ2v) is 6.45. The zero-order valence-corrected chi connectivity index (χ0v) is 13.9. The molecule has 0 N–H and O–H groups in total. The van der Waals surface area contributed by atoms with Crippen LogP contribution in [0.15, 0.2) is 11.3 Å². The number of nitrogens with zero attached hydrogens (tertiary/aromatic N) is 5. The fourth-order valence-electron chi connectivity index (χ4n) is 2.31. The highest BCUT2D eigenvalue weighted by Gasteiger charge is 2.42. The molecule has 1 aromatic heterocycles. The van der Waals surface area contributed by atoms with Gasteiger partial charge in [-0.05, 0) is 0 Å². The maximum absolute atomic E-state index is 10.8. The third kappa shape index (κ3) is 3.64. The smallest absolute Gasteiger partial charge is 0.274 e. The van der Waals surface area contributed by atoms with E-state index in [9.17, 15) is 10.1 Å². The molecule has 0 amide bonds. The number of guanidine groups is 1. The van der Waals surface area contributed by atoms with Gasteiger partial charge in [-0.15, -0.1) is 11.3 Å². The van der Waals surface area contributed by atoms with Gasteiger partial charge in [-0.2, -0.15) is 0 Å². The van der Waals surface area contributed by atoms with Crippen molar-refractivity contribution in [1.29, 1.82) is 0 Å². The highest BCUT2D eigenvalue weighted by Crippen LogP contribution is 2.26. The van der Waals surface area contributed by atoms with Crippen LogP contribution < -0.4 is 0 Å². The van der Waals surface area contributed by atoms with Crippen LogP contribution in [-0.2, 0) is 16.0 Å². The number of halogens is 1. The Labute approximate surface area is 136 Å². The lowest BCUT2D eigenvalue weighted by atomic mass is 10.2. The highest BCUT2D eigenvalue weighted by atomic mass is 35.5. The van der Waals surface area contributed by atoms with Crippen molar-refractivity contribution in [3.63, 3.8) is 0 Å². The number of nitro groups is 1. The van der Waals surface area contributed by atoms with Crippen molar-refractivity contribution in [3.05, 3.63) is 25.7 Å².